The molecule has 0 amide bonds. The molecule has 2 rings (SSSR count). The van der Waals surface area contributed by atoms with E-state index in [9.17, 15) is 13.2 Å². The predicted molar refractivity (Wildman–Crippen MR) is 60.1 cm³/mol. The monoisotopic (exact) mass is 263 g/mol. The number of hydrogen-bond donors (Lipinski definition) is 1. The molecule has 0 bridgehead atoms. The van der Waals surface area contributed by atoms with Gasteiger partial charge >= 0.3 is 5.97 Å². The van der Waals surface area contributed by atoms with Gasteiger partial charge in [-0.1, -0.05) is 0 Å². The maximum Gasteiger partial charge on any atom is 0.318 e. The van der Waals surface area contributed by atoms with E-state index in [0.29, 0.717) is 26.1 Å². The highest BCUT2D eigenvalue weighted by Gasteiger charge is 2.42. The molecule has 2 aliphatic rings. The van der Waals surface area contributed by atoms with Gasteiger partial charge in [0.2, 0.25) is 10.0 Å². The van der Waals surface area contributed by atoms with Crippen molar-refractivity contribution >= 4 is 16.0 Å². The van der Waals surface area contributed by atoms with Gasteiger partial charge in [-0.05, 0) is 25.7 Å². The van der Waals surface area contributed by atoms with Crippen molar-refractivity contribution in [1.82, 2.24) is 4.31 Å². The maximum atomic E-state index is 12.3. The second-order valence-electron chi connectivity index (χ2n) is 4.53. The van der Waals surface area contributed by atoms with Gasteiger partial charge in [0.1, 0.15) is 6.54 Å². The third kappa shape index (κ3) is 2.97. The summed E-state index contributed by atoms with van der Waals surface area (Å²) in [4.78, 5) is 10.7. The van der Waals surface area contributed by atoms with E-state index in [1.807, 2.05) is 0 Å². The summed E-state index contributed by atoms with van der Waals surface area (Å²) in [6, 6.07) is -0.0982. The number of rotatable bonds is 5. The molecule has 0 aromatic rings. The molecule has 0 radical (unpaired) electrons. The highest BCUT2D eigenvalue weighted by Crippen LogP contribution is 2.32. The van der Waals surface area contributed by atoms with Crippen molar-refractivity contribution in [1.29, 1.82) is 0 Å². The second-order valence-corrected chi connectivity index (χ2v) is 6.69. The van der Waals surface area contributed by atoms with Crippen LogP contribution in [0.15, 0.2) is 0 Å². The van der Waals surface area contributed by atoms with Crippen LogP contribution in [0.1, 0.15) is 25.7 Å². The standard InChI is InChI=1S/C10H17NO5S/c12-10(13)7-11(8-1-2-8)17(14,15)9-3-5-16-6-4-9/h8-9H,1-7H2,(H,12,13). The third-order valence-corrected chi connectivity index (χ3v) is 5.56. The van der Waals surface area contributed by atoms with Crippen molar-refractivity contribution < 1.29 is 23.1 Å². The summed E-state index contributed by atoms with van der Waals surface area (Å²) in [6.07, 6.45) is 2.47. The lowest BCUT2D eigenvalue weighted by atomic mass is 10.2. The largest absolute Gasteiger partial charge is 0.480 e. The van der Waals surface area contributed by atoms with E-state index in [-0.39, 0.29) is 6.04 Å². The van der Waals surface area contributed by atoms with Crippen LogP contribution in [0, 0.1) is 0 Å². The minimum absolute atomic E-state index is 0.0982. The zero-order valence-electron chi connectivity index (χ0n) is 9.54. The number of ether oxygens (including phenoxy) is 1. The molecule has 0 atom stereocenters. The quantitative estimate of drug-likeness (QED) is 0.757. The van der Waals surface area contributed by atoms with Gasteiger partial charge in [0.25, 0.3) is 0 Å². The lowest BCUT2D eigenvalue weighted by Gasteiger charge is -2.28. The molecule has 1 N–H and O–H groups in total. The SMILES string of the molecule is O=C(O)CN(C1CC1)S(=O)(=O)C1CCOCC1. The van der Waals surface area contributed by atoms with Crippen LogP contribution in [0.4, 0.5) is 0 Å². The Kier molecular flexibility index (Phi) is 3.70. The van der Waals surface area contributed by atoms with Gasteiger partial charge in [-0.3, -0.25) is 4.79 Å². The Hall–Kier alpha value is -0.660. The van der Waals surface area contributed by atoms with Gasteiger partial charge in [0.15, 0.2) is 0 Å². The molecule has 1 aliphatic heterocycles. The number of aliphatic carboxylic acids is 1. The molecule has 2 fully saturated rings. The highest BCUT2D eigenvalue weighted by atomic mass is 32.2. The van der Waals surface area contributed by atoms with E-state index >= 15 is 0 Å². The smallest absolute Gasteiger partial charge is 0.318 e. The Morgan fingerprint density at radius 2 is 1.82 bits per heavy atom. The summed E-state index contributed by atoms with van der Waals surface area (Å²) in [5, 5.41) is 8.32. The van der Waals surface area contributed by atoms with Gasteiger partial charge in [-0.25, -0.2) is 8.42 Å². The van der Waals surface area contributed by atoms with Crippen LogP contribution in [-0.2, 0) is 19.6 Å². The number of nitrogens with zero attached hydrogens (tertiary/aromatic N) is 1. The van der Waals surface area contributed by atoms with Gasteiger partial charge in [0.05, 0.1) is 5.25 Å². The molecule has 0 aromatic heterocycles. The normalized spacial score (nSPS) is 22.9. The maximum absolute atomic E-state index is 12.3. The molecule has 0 unspecified atom stereocenters. The predicted octanol–water partition coefficient (Wildman–Crippen LogP) is 0.0442. The molecule has 1 saturated heterocycles. The highest BCUT2D eigenvalue weighted by molar-refractivity contribution is 7.89. The van der Waals surface area contributed by atoms with E-state index in [1.54, 1.807) is 0 Å². The fraction of sp³-hybridized carbons (Fsp3) is 0.900. The van der Waals surface area contributed by atoms with Gasteiger partial charge in [-0.2, -0.15) is 4.31 Å². The average molecular weight is 263 g/mol. The van der Waals surface area contributed by atoms with Crippen molar-refractivity contribution in [2.24, 2.45) is 0 Å². The van der Waals surface area contributed by atoms with Crippen molar-refractivity contribution in [3.8, 4) is 0 Å². The molecule has 6 nitrogen and oxygen atoms in total. The van der Waals surface area contributed by atoms with Gasteiger partial charge < -0.3 is 9.84 Å². The first-order valence-corrected chi connectivity index (χ1v) is 7.32. The zero-order valence-corrected chi connectivity index (χ0v) is 10.4. The number of sulfonamides is 1. The lowest BCUT2D eigenvalue weighted by Crippen LogP contribution is -2.44. The number of carboxylic acid groups (broad SMARTS) is 1. The van der Waals surface area contributed by atoms with E-state index in [1.165, 1.54) is 4.31 Å². The van der Waals surface area contributed by atoms with E-state index in [4.69, 9.17) is 9.84 Å². The van der Waals surface area contributed by atoms with Crippen molar-refractivity contribution in [2.45, 2.75) is 37.0 Å². The molecule has 17 heavy (non-hydrogen) atoms. The van der Waals surface area contributed by atoms with Crippen LogP contribution in [0.3, 0.4) is 0 Å². The van der Waals surface area contributed by atoms with Crippen molar-refractivity contribution in [3.63, 3.8) is 0 Å². The minimum Gasteiger partial charge on any atom is -0.480 e. The van der Waals surface area contributed by atoms with Crippen LogP contribution in [0.5, 0.6) is 0 Å². The average Bonchev–Trinajstić information content (AvgIpc) is 3.10. The van der Waals surface area contributed by atoms with Crippen molar-refractivity contribution in [3.05, 3.63) is 0 Å². The van der Waals surface area contributed by atoms with E-state index in [0.717, 1.165) is 12.8 Å². The molecular weight excluding hydrogens is 246 g/mol. The summed E-state index contributed by atoms with van der Waals surface area (Å²) < 4.78 is 30.9. The van der Waals surface area contributed by atoms with Gasteiger partial charge in [0, 0.05) is 19.3 Å². The topological polar surface area (TPSA) is 83.9 Å². The first kappa shape index (κ1) is 12.8. The number of hydrogen-bond acceptors (Lipinski definition) is 4. The Bertz CT molecular complexity index is 384. The number of carbonyl (C=O) groups is 1. The summed E-state index contributed by atoms with van der Waals surface area (Å²) in [7, 11) is -3.48. The Labute approximate surface area is 101 Å². The van der Waals surface area contributed by atoms with E-state index in [2.05, 4.69) is 0 Å². The Morgan fingerprint density at radius 1 is 1.24 bits per heavy atom. The summed E-state index contributed by atoms with van der Waals surface area (Å²) in [6.45, 7) is 0.468. The van der Waals surface area contributed by atoms with Crippen LogP contribution in [-0.4, -0.2) is 54.8 Å². The molecular formula is C10H17NO5S. The molecule has 1 aliphatic carbocycles. The summed E-state index contributed by atoms with van der Waals surface area (Å²) >= 11 is 0. The first-order valence-electron chi connectivity index (χ1n) is 5.82. The molecule has 0 aromatic carbocycles. The van der Waals surface area contributed by atoms with Crippen molar-refractivity contribution in [2.75, 3.05) is 19.8 Å². The third-order valence-electron chi connectivity index (χ3n) is 3.16. The lowest BCUT2D eigenvalue weighted by molar-refractivity contribution is -0.137. The summed E-state index contributed by atoms with van der Waals surface area (Å²) in [5.74, 6) is -1.09. The fourth-order valence-corrected chi connectivity index (χ4v) is 4.18. The Balaban J connectivity index is 2.12. The minimum atomic E-state index is -3.48. The molecule has 0 spiro atoms. The second kappa shape index (κ2) is 4.91. The molecule has 1 saturated carbocycles. The van der Waals surface area contributed by atoms with Crippen LogP contribution < -0.4 is 0 Å². The van der Waals surface area contributed by atoms with Gasteiger partial charge in [-0.15, -0.1) is 0 Å². The van der Waals surface area contributed by atoms with Crippen LogP contribution in [0.25, 0.3) is 0 Å². The summed E-state index contributed by atoms with van der Waals surface area (Å²) in [5.41, 5.74) is 0. The molecule has 98 valence electrons. The fourth-order valence-electron chi connectivity index (χ4n) is 2.09. The van der Waals surface area contributed by atoms with Crippen LogP contribution in [0.2, 0.25) is 0 Å². The van der Waals surface area contributed by atoms with E-state index < -0.39 is 27.8 Å². The Morgan fingerprint density at radius 3 is 2.29 bits per heavy atom. The first-order chi connectivity index (χ1) is 8.01. The zero-order chi connectivity index (χ0) is 12.5. The number of carboxylic acids is 1. The molecule has 1 heterocycles. The molecule has 7 heteroatoms. The van der Waals surface area contributed by atoms with Crippen LogP contribution >= 0.6 is 0 Å².